The highest BCUT2D eigenvalue weighted by Crippen LogP contribution is 2.27. The molecular formula is C21H18F2N2O3S. The molecule has 1 amide bonds. The number of para-hydroxylation sites is 1. The van der Waals surface area contributed by atoms with E-state index < -0.39 is 27.6 Å². The number of hydrogen-bond acceptors (Lipinski definition) is 3. The highest BCUT2D eigenvalue weighted by Gasteiger charge is 2.25. The molecule has 0 radical (unpaired) electrons. The molecule has 0 saturated carbocycles. The standard InChI is InChI=1S/C21H18F2N2O3S/c1-14-7-10-16(11-8-14)29(27,28)25(2)20-6-4-3-5-17(20)21(26)24-15-9-12-18(22)19(23)13-15/h3-13H,1-2H3,(H,24,26). The quantitative estimate of drug-likeness (QED) is 0.672. The van der Waals surface area contributed by atoms with Crippen molar-refractivity contribution in [1.29, 1.82) is 0 Å². The van der Waals surface area contributed by atoms with Gasteiger partial charge in [0.05, 0.1) is 16.1 Å². The van der Waals surface area contributed by atoms with Gasteiger partial charge < -0.3 is 5.32 Å². The van der Waals surface area contributed by atoms with E-state index in [1.54, 1.807) is 24.3 Å². The zero-order chi connectivity index (χ0) is 21.2. The minimum absolute atomic E-state index is 0.0488. The van der Waals surface area contributed by atoms with E-state index in [2.05, 4.69) is 5.32 Å². The Morgan fingerprint density at radius 1 is 0.931 bits per heavy atom. The van der Waals surface area contributed by atoms with Crippen molar-refractivity contribution < 1.29 is 22.0 Å². The second-order valence-corrected chi connectivity index (χ2v) is 8.36. The van der Waals surface area contributed by atoms with Crippen molar-refractivity contribution in [3.63, 3.8) is 0 Å². The lowest BCUT2D eigenvalue weighted by molar-refractivity contribution is 0.102. The van der Waals surface area contributed by atoms with Gasteiger partial charge in [0.2, 0.25) is 0 Å². The summed E-state index contributed by atoms with van der Waals surface area (Å²) in [5, 5.41) is 2.45. The first kappa shape index (κ1) is 20.5. The Kier molecular flexibility index (Phi) is 5.65. The molecule has 29 heavy (non-hydrogen) atoms. The summed E-state index contributed by atoms with van der Waals surface area (Å²) in [6.45, 7) is 1.85. The van der Waals surface area contributed by atoms with Crippen LogP contribution in [0.5, 0.6) is 0 Å². The Bertz CT molecular complexity index is 1160. The summed E-state index contributed by atoms with van der Waals surface area (Å²) < 4.78 is 53.4. The number of nitrogens with one attached hydrogen (secondary N) is 1. The molecule has 0 aromatic heterocycles. The van der Waals surface area contributed by atoms with E-state index in [1.165, 1.54) is 37.4 Å². The van der Waals surface area contributed by atoms with Gasteiger partial charge in [-0.3, -0.25) is 9.10 Å². The Morgan fingerprint density at radius 3 is 2.24 bits per heavy atom. The molecule has 8 heteroatoms. The number of carbonyl (C=O) groups is 1. The number of nitrogens with zero attached hydrogens (tertiary/aromatic N) is 1. The Hall–Kier alpha value is -3.26. The molecule has 0 aliphatic carbocycles. The van der Waals surface area contributed by atoms with E-state index in [-0.39, 0.29) is 21.8 Å². The van der Waals surface area contributed by atoms with E-state index in [0.29, 0.717) is 0 Å². The van der Waals surface area contributed by atoms with Crippen LogP contribution in [0.1, 0.15) is 15.9 Å². The smallest absolute Gasteiger partial charge is 0.264 e. The summed E-state index contributed by atoms with van der Waals surface area (Å²) in [4.78, 5) is 12.8. The van der Waals surface area contributed by atoms with E-state index in [9.17, 15) is 22.0 Å². The van der Waals surface area contributed by atoms with E-state index in [0.717, 1.165) is 22.0 Å². The molecule has 3 aromatic rings. The van der Waals surface area contributed by atoms with Crippen molar-refractivity contribution in [2.45, 2.75) is 11.8 Å². The summed E-state index contributed by atoms with van der Waals surface area (Å²) in [5.41, 5.74) is 1.18. The van der Waals surface area contributed by atoms with Crippen LogP contribution in [-0.4, -0.2) is 21.4 Å². The zero-order valence-electron chi connectivity index (χ0n) is 15.7. The summed E-state index contributed by atoms with van der Waals surface area (Å²) >= 11 is 0. The van der Waals surface area contributed by atoms with Gasteiger partial charge >= 0.3 is 0 Å². The second-order valence-electron chi connectivity index (χ2n) is 6.39. The van der Waals surface area contributed by atoms with Crippen molar-refractivity contribution in [1.82, 2.24) is 0 Å². The number of sulfonamides is 1. The number of benzene rings is 3. The minimum atomic E-state index is -3.91. The lowest BCUT2D eigenvalue weighted by Gasteiger charge is -2.22. The maximum Gasteiger partial charge on any atom is 0.264 e. The van der Waals surface area contributed by atoms with Crippen LogP contribution in [0.2, 0.25) is 0 Å². The van der Waals surface area contributed by atoms with Crippen LogP contribution in [0.15, 0.2) is 71.6 Å². The van der Waals surface area contributed by atoms with Crippen LogP contribution in [0, 0.1) is 18.6 Å². The molecule has 1 N–H and O–H groups in total. The number of anilines is 2. The number of halogens is 2. The molecule has 0 fully saturated rings. The molecule has 0 aliphatic heterocycles. The van der Waals surface area contributed by atoms with Crippen LogP contribution < -0.4 is 9.62 Å². The largest absolute Gasteiger partial charge is 0.322 e. The van der Waals surface area contributed by atoms with E-state index in [4.69, 9.17) is 0 Å². The zero-order valence-corrected chi connectivity index (χ0v) is 16.5. The number of rotatable bonds is 5. The van der Waals surface area contributed by atoms with Crippen molar-refractivity contribution in [2.75, 3.05) is 16.7 Å². The number of aryl methyl sites for hydroxylation is 1. The van der Waals surface area contributed by atoms with Crippen LogP contribution >= 0.6 is 0 Å². The SMILES string of the molecule is Cc1ccc(S(=O)(=O)N(C)c2ccccc2C(=O)Nc2ccc(F)c(F)c2)cc1. The van der Waals surface area contributed by atoms with Gasteiger partial charge in [0.1, 0.15) is 0 Å². The third kappa shape index (κ3) is 4.27. The molecule has 0 saturated heterocycles. The van der Waals surface area contributed by atoms with Gasteiger partial charge in [-0.05, 0) is 43.3 Å². The predicted molar refractivity (Wildman–Crippen MR) is 108 cm³/mol. The van der Waals surface area contributed by atoms with E-state index >= 15 is 0 Å². The van der Waals surface area contributed by atoms with Crippen LogP contribution in [0.4, 0.5) is 20.2 Å². The van der Waals surface area contributed by atoms with Crippen molar-refractivity contribution in [2.24, 2.45) is 0 Å². The van der Waals surface area contributed by atoms with Crippen molar-refractivity contribution in [3.8, 4) is 0 Å². The van der Waals surface area contributed by atoms with Gasteiger partial charge in [-0.25, -0.2) is 17.2 Å². The fourth-order valence-corrected chi connectivity index (χ4v) is 3.92. The third-order valence-corrected chi connectivity index (χ3v) is 6.13. The highest BCUT2D eigenvalue weighted by molar-refractivity contribution is 7.92. The molecule has 0 spiro atoms. The lowest BCUT2D eigenvalue weighted by Crippen LogP contribution is -2.29. The van der Waals surface area contributed by atoms with Gasteiger partial charge in [0, 0.05) is 18.8 Å². The first-order valence-corrected chi connectivity index (χ1v) is 10.0. The second kappa shape index (κ2) is 8.00. The van der Waals surface area contributed by atoms with Gasteiger partial charge in [-0.1, -0.05) is 29.8 Å². The van der Waals surface area contributed by atoms with Gasteiger partial charge in [-0.2, -0.15) is 0 Å². The average Bonchev–Trinajstić information content (AvgIpc) is 2.70. The maximum absolute atomic E-state index is 13.4. The minimum Gasteiger partial charge on any atom is -0.322 e. The Balaban J connectivity index is 1.94. The Morgan fingerprint density at radius 2 is 1.59 bits per heavy atom. The molecule has 0 bridgehead atoms. The maximum atomic E-state index is 13.4. The summed E-state index contributed by atoms with van der Waals surface area (Å²) in [5.74, 6) is -2.79. The van der Waals surface area contributed by atoms with Gasteiger partial charge in [0.15, 0.2) is 11.6 Å². The normalized spacial score (nSPS) is 11.2. The van der Waals surface area contributed by atoms with Crippen LogP contribution in [-0.2, 0) is 10.0 Å². The van der Waals surface area contributed by atoms with Crippen LogP contribution in [0.3, 0.4) is 0 Å². The topological polar surface area (TPSA) is 66.5 Å². The van der Waals surface area contributed by atoms with Gasteiger partial charge in [0.25, 0.3) is 15.9 Å². The van der Waals surface area contributed by atoms with E-state index in [1.807, 2.05) is 6.92 Å². The van der Waals surface area contributed by atoms with Crippen molar-refractivity contribution >= 4 is 27.3 Å². The molecule has 0 aliphatic rings. The summed E-state index contributed by atoms with van der Waals surface area (Å²) in [7, 11) is -2.56. The summed E-state index contributed by atoms with van der Waals surface area (Å²) in [6, 6.07) is 15.4. The van der Waals surface area contributed by atoms with Gasteiger partial charge in [-0.15, -0.1) is 0 Å². The molecule has 3 aromatic carbocycles. The fraction of sp³-hybridized carbons (Fsp3) is 0.0952. The molecule has 150 valence electrons. The molecule has 0 atom stereocenters. The first-order valence-electron chi connectivity index (χ1n) is 8.61. The summed E-state index contributed by atoms with van der Waals surface area (Å²) in [6.07, 6.45) is 0. The molecule has 3 rings (SSSR count). The molecule has 5 nitrogen and oxygen atoms in total. The third-order valence-electron chi connectivity index (χ3n) is 4.34. The first-order chi connectivity index (χ1) is 13.7. The molecular weight excluding hydrogens is 398 g/mol. The number of amides is 1. The Labute approximate surface area is 167 Å². The van der Waals surface area contributed by atoms with Crippen LogP contribution in [0.25, 0.3) is 0 Å². The van der Waals surface area contributed by atoms with Crippen molar-refractivity contribution in [3.05, 3.63) is 89.5 Å². The highest BCUT2D eigenvalue weighted by atomic mass is 32.2. The molecule has 0 unspecified atom stereocenters. The number of hydrogen-bond donors (Lipinski definition) is 1. The predicted octanol–water partition coefficient (Wildman–Crippen LogP) is 4.35. The fourth-order valence-electron chi connectivity index (χ4n) is 2.71. The monoisotopic (exact) mass is 416 g/mol. The molecule has 0 heterocycles. The average molecular weight is 416 g/mol. The number of carbonyl (C=O) groups excluding carboxylic acids is 1. The lowest BCUT2D eigenvalue weighted by atomic mass is 10.1.